The largest absolute Gasteiger partial charge is 0.573 e. The molecule has 1 heterocycles. The van der Waals surface area contributed by atoms with Crippen molar-refractivity contribution in [2.45, 2.75) is 17.9 Å². The second kappa shape index (κ2) is 10.4. The van der Waals surface area contributed by atoms with Crippen molar-refractivity contribution < 1.29 is 40.5 Å². The van der Waals surface area contributed by atoms with Crippen molar-refractivity contribution in [3.05, 3.63) is 78.6 Å². The molecule has 1 aromatic heterocycles. The second-order valence-electron chi connectivity index (χ2n) is 7.52. The van der Waals surface area contributed by atoms with E-state index < -0.39 is 22.1 Å². The highest BCUT2D eigenvalue weighted by molar-refractivity contribution is 7.89. The van der Waals surface area contributed by atoms with Crippen LogP contribution in [-0.2, 0) is 16.6 Å². The Bertz CT molecular complexity index is 1450. The minimum absolute atomic E-state index is 0.0692. The Morgan fingerprint density at radius 2 is 1.41 bits per heavy atom. The fourth-order valence-corrected chi connectivity index (χ4v) is 4.35. The van der Waals surface area contributed by atoms with Crippen LogP contribution in [0.1, 0.15) is 5.69 Å². The minimum Gasteiger partial charge on any atom is -0.497 e. The number of alkyl halides is 3. The number of halogens is 3. The van der Waals surface area contributed by atoms with Gasteiger partial charge >= 0.3 is 6.36 Å². The van der Waals surface area contributed by atoms with Gasteiger partial charge in [0.2, 0.25) is 0 Å². The number of hydrogen-bond donors (Lipinski definition) is 0. The van der Waals surface area contributed by atoms with Crippen molar-refractivity contribution in [1.29, 1.82) is 0 Å². The van der Waals surface area contributed by atoms with Gasteiger partial charge in [-0.3, -0.25) is 0 Å². The van der Waals surface area contributed by atoms with Gasteiger partial charge in [-0.2, -0.15) is 8.42 Å². The van der Waals surface area contributed by atoms with Crippen LogP contribution in [0, 0.1) is 0 Å². The van der Waals surface area contributed by atoms with Gasteiger partial charge < -0.3 is 18.9 Å². The van der Waals surface area contributed by atoms with Gasteiger partial charge in [0.05, 0.1) is 25.3 Å². The molecule has 0 aliphatic rings. The fourth-order valence-electron chi connectivity index (χ4n) is 3.26. The van der Waals surface area contributed by atoms with E-state index in [0.29, 0.717) is 21.3 Å². The van der Waals surface area contributed by atoms with Crippen LogP contribution in [0.3, 0.4) is 0 Å². The van der Waals surface area contributed by atoms with Gasteiger partial charge in [-0.25, -0.2) is 0 Å². The third-order valence-electron chi connectivity index (χ3n) is 5.05. The summed E-state index contributed by atoms with van der Waals surface area (Å²) in [5.74, 6) is 1.27. The lowest BCUT2D eigenvalue weighted by Gasteiger charge is -2.10. The first-order chi connectivity index (χ1) is 17.6. The van der Waals surface area contributed by atoms with Gasteiger partial charge in [0, 0.05) is 6.07 Å². The predicted octanol–water partition coefficient (Wildman–Crippen LogP) is 4.68. The summed E-state index contributed by atoms with van der Waals surface area (Å²) in [6.07, 6.45) is -3.73. The van der Waals surface area contributed by atoms with E-state index in [0.717, 1.165) is 41.6 Å². The minimum atomic E-state index is -4.88. The van der Waals surface area contributed by atoms with Crippen LogP contribution in [0.15, 0.2) is 77.8 Å². The van der Waals surface area contributed by atoms with E-state index in [4.69, 9.17) is 14.2 Å². The van der Waals surface area contributed by atoms with E-state index in [1.165, 1.54) is 0 Å². The topological polar surface area (TPSA) is 102 Å². The summed E-state index contributed by atoms with van der Waals surface area (Å²) in [6, 6.07) is 16.4. The number of ether oxygens (including phenoxy) is 4. The van der Waals surface area contributed by atoms with Gasteiger partial charge in [0.25, 0.3) is 10.0 Å². The standard InChI is InChI=1S/C24H20F3N3O6S/c1-33-21-11-17(12-22(13-21)34-2)16-3-5-19(6-4-16)35-15-18-14-30(29-28-18)37(31,32)23-9-7-20(8-10-23)36-24(25,26)27/h3-14H,15H2,1-2H3. The maximum atomic E-state index is 12.7. The lowest BCUT2D eigenvalue weighted by Crippen LogP contribution is -2.17. The molecule has 0 bridgehead atoms. The molecule has 0 aliphatic heterocycles. The average Bonchev–Trinajstić information content (AvgIpc) is 3.37. The molecular formula is C24H20F3N3O6S. The first-order valence-corrected chi connectivity index (χ1v) is 12.0. The Balaban J connectivity index is 1.42. The van der Waals surface area contributed by atoms with Crippen LogP contribution in [0.4, 0.5) is 13.2 Å². The molecule has 0 saturated carbocycles. The predicted molar refractivity (Wildman–Crippen MR) is 125 cm³/mol. The number of benzene rings is 3. The molecule has 0 aliphatic carbocycles. The zero-order valence-electron chi connectivity index (χ0n) is 19.5. The van der Waals surface area contributed by atoms with Gasteiger partial charge in [-0.1, -0.05) is 17.3 Å². The molecular weight excluding hydrogens is 515 g/mol. The SMILES string of the molecule is COc1cc(OC)cc(-c2ccc(OCc3cn(S(=O)(=O)c4ccc(OC(F)(F)F)cc4)nn3)cc2)c1. The zero-order valence-corrected chi connectivity index (χ0v) is 20.3. The molecule has 4 rings (SSSR count). The van der Waals surface area contributed by atoms with Crippen LogP contribution in [-0.4, -0.2) is 43.4 Å². The van der Waals surface area contributed by atoms with E-state index in [9.17, 15) is 21.6 Å². The average molecular weight is 536 g/mol. The van der Waals surface area contributed by atoms with Crippen molar-refractivity contribution in [3.63, 3.8) is 0 Å². The van der Waals surface area contributed by atoms with E-state index in [2.05, 4.69) is 15.0 Å². The smallest absolute Gasteiger partial charge is 0.497 e. The molecule has 0 unspecified atom stereocenters. The Kier molecular flexibility index (Phi) is 7.25. The Morgan fingerprint density at radius 1 is 0.811 bits per heavy atom. The maximum absolute atomic E-state index is 12.7. The molecule has 3 aromatic carbocycles. The van der Waals surface area contributed by atoms with E-state index in [1.807, 2.05) is 24.3 Å². The first-order valence-electron chi connectivity index (χ1n) is 10.6. The Morgan fingerprint density at radius 3 is 1.97 bits per heavy atom. The highest BCUT2D eigenvalue weighted by Crippen LogP contribution is 2.31. The lowest BCUT2D eigenvalue weighted by atomic mass is 10.0. The second-order valence-corrected chi connectivity index (χ2v) is 9.32. The number of methoxy groups -OCH3 is 2. The van der Waals surface area contributed by atoms with Crippen molar-refractivity contribution in [2.24, 2.45) is 0 Å². The van der Waals surface area contributed by atoms with Crippen molar-refractivity contribution in [2.75, 3.05) is 14.2 Å². The highest BCUT2D eigenvalue weighted by Gasteiger charge is 2.31. The molecule has 0 fully saturated rings. The molecule has 0 N–H and O–H groups in total. The Hall–Kier alpha value is -4.26. The summed E-state index contributed by atoms with van der Waals surface area (Å²) in [7, 11) is -1.04. The van der Waals surface area contributed by atoms with Crippen molar-refractivity contribution in [3.8, 4) is 34.1 Å². The normalized spacial score (nSPS) is 11.7. The summed E-state index contributed by atoms with van der Waals surface area (Å²) < 4.78 is 83.0. The van der Waals surface area contributed by atoms with Crippen molar-refractivity contribution >= 4 is 10.0 Å². The third-order valence-corrected chi connectivity index (χ3v) is 6.59. The lowest BCUT2D eigenvalue weighted by molar-refractivity contribution is -0.274. The van der Waals surface area contributed by atoms with Gasteiger partial charge in [0.1, 0.15) is 35.3 Å². The van der Waals surface area contributed by atoms with Gasteiger partial charge in [-0.15, -0.1) is 22.4 Å². The fraction of sp³-hybridized carbons (Fsp3) is 0.167. The summed E-state index contributed by atoms with van der Waals surface area (Å²) in [5.41, 5.74) is 2.00. The molecule has 194 valence electrons. The molecule has 0 atom stereocenters. The summed E-state index contributed by atoms with van der Waals surface area (Å²) in [4.78, 5) is -0.288. The molecule has 4 aromatic rings. The highest BCUT2D eigenvalue weighted by atomic mass is 32.2. The summed E-state index contributed by atoms with van der Waals surface area (Å²) in [5, 5.41) is 7.41. The number of rotatable bonds is 9. The van der Waals surface area contributed by atoms with Crippen LogP contribution in [0.2, 0.25) is 0 Å². The van der Waals surface area contributed by atoms with E-state index in [1.54, 1.807) is 32.4 Å². The van der Waals surface area contributed by atoms with Crippen molar-refractivity contribution in [1.82, 2.24) is 14.4 Å². The first kappa shape index (κ1) is 25.8. The quantitative estimate of drug-likeness (QED) is 0.305. The Labute approximate surface area is 210 Å². The molecule has 0 radical (unpaired) electrons. The summed E-state index contributed by atoms with van der Waals surface area (Å²) >= 11 is 0. The number of hydrogen-bond acceptors (Lipinski definition) is 8. The molecule has 0 saturated heterocycles. The van der Waals surface area contributed by atoms with Crippen LogP contribution < -0.4 is 18.9 Å². The van der Waals surface area contributed by atoms with Gasteiger partial charge in [-0.05, 0) is 59.7 Å². The summed E-state index contributed by atoms with van der Waals surface area (Å²) in [6.45, 7) is -0.0692. The monoisotopic (exact) mass is 535 g/mol. The molecule has 0 spiro atoms. The third kappa shape index (κ3) is 6.30. The molecule has 0 amide bonds. The maximum Gasteiger partial charge on any atom is 0.573 e. The van der Waals surface area contributed by atoms with E-state index in [-0.39, 0.29) is 17.2 Å². The zero-order chi connectivity index (χ0) is 26.6. The number of aromatic nitrogens is 3. The molecule has 37 heavy (non-hydrogen) atoms. The van der Waals surface area contributed by atoms with E-state index >= 15 is 0 Å². The molecule has 13 heteroatoms. The molecule has 9 nitrogen and oxygen atoms in total. The number of nitrogens with zero attached hydrogens (tertiary/aromatic N) is 3. The van der Waals surface area contributed by atoms with Crippen LogP contribution >= 0.6 is 0 Å². The van der Waals surface area contributed by atoms with Gasteiger partial charge in [0.15, 0.2) is 0 Å². The van der Waals surface area contributed by atoms with Crippen LogP contribution in [0.25, 0.3) is 11.1 Å². The van der Waals surface area contributed by atoms with Crippen LogP contribution in [0.5, 0.6) is 23.0 Å².